The molecule has 17 heavy (non-hydrogen) atoms. The predicted octanol–water partition coefficient (Wildman–Crippen LogP) is 2.30. The van der Waals surface area contributed by atoms with Gasteiger partial charge in [-0.3, -0.25) is 4.79 Å². The fourth-order valence-corrected chi connectivity index (χ4v) is 1.74. The molecule has 86 valence electrons. The van der Waals surface area contributed by atoms with E-state index in [4.69, 9.17) is 13.9 Å². The highest BCUT2D eigenvalue weighted by molar-refractivity contribution is 5.99. The lowest BCUT2D eigenvalue weighted by Gasteiger charge is -2.24. The maximum absolute atomic E-state index is 12.0. The summed E-state index contributed by atoms with van der Waals surface area (Å²) in [5.74, 6) is 1.14. The second-order valence-corrected chi connectivity index (χ2v) is 3.74. The Balaban J connectivity index is 1.83. The zero-order chi connectivity index (χ0) is 11.7. The largest absolute Gasteiger partial charge is 0.485 e. The van der Waals surface area contributed by atoms with Gasteiger partial charge in [0.2, 0.25) is 5.78 Å². The summed E-state index contributed by atoms with van der Waals surface area (Å²) in [5.41, 5.74) is 0.498. The van der Waals surface area contributed by atoms with E-state index in [-0.39, 0.29) is 12.4 Å². The van der Waals surface area contributed by atoms with Gasteiger partial charge in [-0.15, -0.1) is 0 Å². The van der Waals surface area contributed by atoms with Crippen LogP contribution < -0.4 is 9.47 Å². The van der Waals surface area contributed by atoms with Crippen LogP contribution in [0.4, 0.5) is 0 Å². The second kappa shape index (κ2) is 3.97. The number of Topliss-reactive ketones (excluding diaryl/α,β-unsaturated/α-hetero) is 1. The number of hydrogen-bond donors (Lipinski definition) is 0. The molecule has 2 heterocycles. The number of carbonyl (C=O) groups is 1. The van der Waals surface area contributed by atoms with Crippen molar-refractivity contribution in [3.05, 3.63) is 48.4 Å². The van der Waals surface area contributed by atoms with Crippen LogP contribution in [0.1, 0.15) is 10.4 Å². The monoisotopic (exact) mass is 230 g/mol. The molecule has 0 spiro atoms. The number of carbonyl (C=O) groups excluding carboxylic acids is 1. The molecule has 1 aliphatic heterocycles. The minimum atomic E-state index is -0.609. The number of furan rings is 1. The van der Waals surface area contributed by atoms with Crippen molar-refractivity contribution >= 4 is 5.78 Å². The van der Waals surface area contributed by atoms with Crippen molar-refractivity contribution in [3.63, 3.8) is 0 Å². The van der Waals surface area contributed by atoms with Gasteiger partial charge in [0.05, 0.1) is 11.8 Å². The quantitative estimate of drug-likeness (QED) is 0.743. The summed E-state index contributed by atoms with van der Waals surface area (Å²) >= 11 is 0. The number of rotatable bonds is 2. The first-order valence-corrected chi connectivity index (χ1v) is 5.29. The highest BCUT2D eigenvalue weighted by Crippen LogP contribution is 2.31. The Kier molecular flexibility index (Phi) is 2.33. The molecular formula is C13H10O4. The number of ketones is 1. The van der Waals surface area contributed by atoms with Crippen LogP contribution in [0, 0.1) is 0 Å². The number of hydrogen-bond acceptors (Lipinski definition) is 4. The van der Waals surface area contributed by atoms with E-state index in [1.807, 2.05) is 18.2 Å². The summed E-state index contributed by atoms with van der Waals surface area (Å²) in [5, 5.41) is 0. The van der Waals surface area contributed by atoms with E-state index in [0.717, 1.165) is 0 Å². The van der Waals surface area contributed by atoms with Crippen LogP contribution in [0.15, 0.2) is 47.3 Å². The van der Waals surface area contributed by atoms with Crippen LogP contribution in [-0.2, 0) is 0 Å². The minimum absolute atomic E-state index is 0.131. The van der Waals surface area contributed by atoms with E-state index in [9.17, 15) is 4.79 Å². The number of benzene rings is 1. The Morgan fingerprint density at radius 2 is 2.00 bits per heavy atom. The Morgan fingerprint density at radius 1 is 1.18 bits per heavy atom. The highest BCUT2D eigenvalue weighted by atomic mass is 16.6. The Morgan fingerprint density at radius 3 is 2.76 bits per heavy atom. The minimum Gasteiger partial charge on any atom is -0.485 e. The highest BCUT2D eigenvalue weighted by Gasteiger charge is 2.28. The molecule has 0 N–H and O–H groups in total. The van der Waals surface area contributed by atoms with Gasteiger partial charge in [-0.2, -0.15) is 0 Å². The number of ether oxygens (including phenoxy) is 2. The van der Waals surface area contributed by atoms with Gasteiger partial charge in [0.1, 0.15) is 12.9 Å². The Hall–Kier alpha value is -2.23. The lowest BCUT2D eigenvalue weighted by atomic mass is 10.1. The molecule has 4 nitrogen and oxygen atoms in total. The van der Waals surface area contributed by atoms with E-state index in [0.29, 0.717) is 17.1 Å². The Bertz CT molecular complexity index is 530. The zero-order valence-corrected chi connectivity index (χ0v) is 8.96. The van der Waals surface area contributed by atoms with Gasteiger partial charge in [-0.25, -0.2) is 0 Å². The first-order chi connectivity index (χ1) is 8.34. The van der Waals surface area contributed by atoms with Gasteiger partial charge in [0, 0.05) is 0 Å². The lowest BCUT2D eigenvalue weighted by molar-refractivity contribution is 0.0585. The molecule has 2 aromatic rings. The zero-order valence-electron chi connectivity index (χ0n) is 8.96. The SMILES string of the molecule is O=C(c1ccoc1)C1COc2ccccc2O1. The average Bonchev–Trinajstić information content (AvgIpc) is 2.91. The van der Waals surface area contributed by atoms with Crippen molar-refractivity contribution in [2.75, 3.05) is 6.61 Å². The fourth-order valence-electron chi connectivity index (χ4n) is 1.74. The van der Waals surface area contributed by atoms with Gasteiger partial charge in [0.25, 0.3) is 0 Å². The van der Waals surface area contributed by atoms with Crippen molar-refractivity contribution in [3.8, 4) is 11.5 Å². The molecular weight excluding hydrogens is 220 g/mol. The lowest BCUT2D eigenvalue weighted by Crippen LogP contribution is -2.36. The van der Waals surface area contributed by atoms with Crippen molar-refractivity contribution in [2.45, 2.75) is 6.10 Å². The van der Waals surface area contributed by atoms with Gasteiger partial charge in [0.15, 0.2) is 17.6 Å². The van der Waals surface area contributed by atoms with E-state index in [1.54, 1.807) is 12.1 Å². The average molecular weight is 230 g/mol. The molecule has 3 rings (SSSR count). The van der Waals surface area contributed by atoms with Crippen molar-refractivity contribution in [1.29, 1.82) is 0 Å². The van der Waals surface area contributed by atoms with E-state index in [1.165, 1.54) is 12.5 Å². The van der Waals surface area contributed by atoms with Crippen LogP contribution in [0.5, 0.6) is 11.5 Å². The van der Waals surface area contributed by atoms with Crippen molar-refractivity contribution in [1.82, 2.24) is 0 Å². The van der Waals surface area contributed by atoms with E-state index in [2.05, 4.69) is 0 Å². The molecule has 1 aromatic heterocycles. The summed E-state index contributed by atoms with van der Waals surface area (Å²) in [6.07, 6.45) is 2.26. The molecule has 0 bridgehead atoms. The predicted molar refractivity (Wildman–Crippen MR) is 59.4 cm³/mol. The third-order valence-corrected chi connectivity index (χ3v) is 2.61. The molecule has 4 heteroatoms. The van der Waals surface area contributed by atoms with Gasteiger partial charge >= 0.3 is 0 Å². The van der Waals surface area contributed by atoms with Gasteiger partial charge in [-0.1, -0.05) is 12.1 Å². The molecule has 1 aromatic carbocycles. The molecule has 1 atom stereocenters. The fraction of sp³-hybridized carbons (Fsp3) is 0.154. The van der Waals surface area contributed by atoms with Crippen LogP contribution in [0.2, 0.25) is 0 Å². The second-order valence-electron chi connectivity index (χ2n) is 3.74. The summed E-state index contributed by atoms with van der Waals surface area (Å²) < 4.78 is 16.0. The molecule has 1 unspecified atom stereocenters. The summed E-state index contributed by atoms with van der Waals surface area (Å²) in [6, 6.07) is 8.91. The molecule has 1 aliphatic rings. The first-order valence-electron chi connectivity index (χ1n) is 5.29. The third kappa shape index (κ3) is 1.78. The molecule has 0 fully saturated rings. The van der Waals surface area contributed by atoms with Crippen molar-refractivity contribution < 1.29 is 18.7 Å². The number of para-hydroxylation sites is 2. The summed E-state index contributed by atoms with van der Waals surface area (Å²) in [4.78, 5) is 12.0. The van der Waals surface area contributed by atoms with E-state index < -0.39 is 6.10 Å². The molecule has 0 aliphatic carbocycles. The molecule has 0 amide bonds. The van der Waals surface area contributed by atoms with Crippen LogP contribution in [-0.4, -0.2) is 18.5 Å². The summed E-state index contributed by atoms with van der Waals surface area (Å²) in [7, 11) is 0. The first kappa shape index (κ1) is 9.96. The van der Waals surface area contributed by atoms with Gasteiger partial charge in [-0.05, 0) is 18.2 Å². The maximum atomic E-state index is 12.0. The smallest absolute Gasteiger partial charge is 0.210 e. The standard InChI is InChI=1S/C13H10O4/c14-13(9-5-6-15-7-9)12-8-16-10-3-1-2-4-11(10)17-12/h1-7,12H,8H2. The molecule has 0 radical (unpaired) electrons. The normalized spacial score (nSPS) is 17.8. The maximum Gasteiger partial charge on any atom is 0.210 e. The third-order valence-electron chi connectivity index (χ3n) is 2.61. The van der Waals surface area contributed by atoms with Gasteiger partial charge < -0.3 is 13.9 Å². The summed E-state index contributed by atoms with van der Waals surface area (Å²) in [6.45, 7) is 0.223. The Labute approximate surface area is 97.8 Å². The molecule has 0 saturated carbocycles. The number of fused-ring (bicyclic) bond motifs is 1. The van der Waals surface area contributed by atoms with Crippen LogP contribution in [0.25, 0.3) is 0 Å². The topological polar surface area (TPSA) is 48.7 Å². The van der Waals surface area contributed by atoms with Crippen LogP contribution in [0.3, 0.4) is 0 Å². The van der Waals surface area contributed by atoms with Crippen molar-refractivity contribution in [2.24, 2.45) is 0 Å². The van der Waals surface area contributed by atoms with E-state index >= 15 is 0 Å². The molecule has 0 saturated heterocycles. The van der Waals surface area contributed by atoms with Crippen LogP contribution >= 0.6 is 0 Å².